The average molecular weight is 300 g/mol. The molecule has 0 aromatic heterocycles. The van der Waals surface area contributed by atoms with Crippen molar-refractivity contribution in [3.05, 3.63) is 30.3 Å². The molecule has 2 fully saturated rings. The molecule has 22 heavy (non-hydrogen) atoms. The third kappa shape index (κ3) is 3.67. The second kappa shape index (κ2) is 7.06. The van der Waals surface area contributed by atoms with Crippen LogP contribution < -0.4 is 5.32 Å². The van der Waals surface area contributed by atoms with Gasteiger partial charge in [0.05, 0.1) is 0 Å². The molecule has 0 saturated heterocycles. The summed E-state index contributed by atoms with van der Waals surface area (Å²) in [6.07, 6.45) is 12.9. The van der Waals surface area contributed by atoms with Gasteiger partial charge in [-0.1, -0.05) is 57.7 Å². The Morgan fingerprint density at radius 1 is 0.818 bits per heavy atom. The Bertz CT molecular complexity index is 444. The second-order valence-electron chi connectivity index (χ2n) is 8.23. The molecular weight excluding hydrogens is 266 g/mol. The van der Waals surface area contributed by atoms with E-state index < -0.39 is 0 Å². The van der Waals surface area contributed by atoms with Crippen molar-refractivity contribution in [3.8, 4) is 0 Å². The maximum atomic E-state index is 3.79. The van der Waals surface area contributed by atoms with Gasteiger partial charge in [-0.15, -0.1) is 0 Å². The van der Waals surface area contributed by atoms with E-state index >= 15 is 0 Å². The third-order valence-corrected chi connectivity index (χ3v) is 6.53. The smallest absolute Gasteiger partial charge is 0.0342 e. The summed E-state index contributed by atoms with van der Waals surface area (Å²) >= 11 is 0. The van der Waals surface area contributed by atoms with Gasteiger partial charge in [0, 0.05) is 11.7 Å². The zero-order valence-electron chi connectivity index (χ0n) is 14.5. The Morgan fingerprint density at radius 3 is 2.23 bits per heavy atom. The van der Waals surface area contributed by atoms with Crippen LogP contribution >= 0.6 is 0 Å². The summed E-state index contributed by atoms with van der Waals surface area (Å²) in [6, 6.07) is 11.4. The topological polar surface area (TPSA) is 12.0 Å². The maximum absolute atomic E-state index is 3.79. The Balaban J connectivity index is 1.62. The summed E-state index contributed by atoms with van der Waals surface area (Å²) in [6.45, 7) is 5.14. The van der Waals surface area contributed by atoms with Crippen molar-refractivity contribution in [2.45, 2.75) is 77.7 Å². The first-order valence-electron chi connectivity index (χ1n) is 9.48. The molecule has 2 aliphatic rings. The molecule has 0 heterocycles. The lowest BCUT2D eigenvalue weighted by Crippen LogP contribution is -2.39. The van der Waals surface area contributed by atoms with Crippen LogP contribution in [0.3, 0.4) is 0 Å². The van der Waals surface area contributed by atoms with Crippen LogP contribution in [0.2, 0.25) is 0 Å². The molecule has 0 bridgehead atoms. The highest BCUT2D eigenvalue weighted by Gasteiger charge is 2.39. The van der Waals surface area contributed by atoms with Crippen molar-refractivity contribution in [2.75, 3.05) is 5.32 Å². The zero-order chi connectivity index (χ0) is 15.4. The lowest BCUT2D eigenvalue weighted by Gasteiger charge is -2.46. The highest BCUT2D eigenvalue weighted by atomic mass is 14.9. The molecule has 0 aliphatic heterocycles. The van der Waals surface area contributed by atoms with Crippen molar-refractivity contribution in [2.24, 2.45) is 17.3 Å². The molecule has 0 spiro atoms. The minimum atomic E-state index is 0.525. The van der Waals surface area contributed by atoms with Gasteiger partial charge in [-0.2, -0.15) is 0 Å². The average Bonchev–Trinajstić information content (AvgIpc) is 2.57. The summed E-state index contributed by atoms with van der Waals surface area (Å²) in [5.74, 6) is 1.85. The third-order valence-electron chi connectivity index (χ3n) is 6.53. The minimum absolute atomic E-state index is 0.525. The number of hydrogen-bond donors (Lipinski definition) is 1. The van der Waals surface area contributed by atoms with E-state index in [-0.39, 0.29) is 0 Å². The number of nitrogens with one attached hydrogen (secondary N) is 1. The van der Waals surface area contributed by atoms with Crippen LogP contribution in [0.15, 0.2) is 30.3 Å². The fourth-order valence-corrected chi connectivity index (χ4v) is 4.95. The van der Waals surface area contributed by atoms with E-state index in [0.29, 0.717) is 11.5 Å². The van der Waals surface area contributed by atoms with Crippen LogP contribution in [0.25, 0.3) is 0 Å². The van der Waals surface area contributed by atoms with E-state index in [1.54, 1.807) is 0 Å². The molecule has 0 amide bonds. The fraction of sp³-hybridized carbons (Fsp3) is 0.714. The number of anilines is 1. The highest BCUT2D eigenvalue weighted by molar-refractivity contribution is 5.43. The largest absolute Gasteiger partial charge is 0.382 e. The van der Waals surface area contributed by atoms with Crippen LogP contribution in [-0.2, 0) is 0 Å². The monoisotopic (exact) mass is 299 g/mol. The van der Waals surface area contributed by atoms with E-state index in [1.807, 2.05) is 0 Å². The summed E-state index contributed by atoms with van der Waals surface area (Å²) < 4.78 is 0. The van der Waals surface area contributed by atoms with Gasteiger partial charge >= 0.3 is 0 Å². The Hall–Kier alpha value is -0.980. The number of para-hydroxylation sites is 1. The molecule has 2 saturated carbocycles. The molecule has 2 unspecified atom stereocenters. The number of rotatable bonds is 4. The summed E-state index contributed by atoms with van der Waals surface area (Å²) in [7, 11) is 0. The predicted molar refractivity (Wildman–Crippen MR) is 96.2 cm³/mol. The first-order chi connectivity index (χ1) is 10.7. The van der Waals surface area contributed by atoms with E-state index in [2.05, 4.69) is 49.5 Å². The van der Waals surface area contributed by atoms with Crippen molar-refractivity contribution < 1.29 is 0 Å². The lowest BCUT2D eigenvalue weighted by molar-refractivity contribution is 0.0556. The summed E-state index contributed by atoms with van der Waals surface area (Å²) in [4.78, 5) is 0. The van der Waals surface area contributed by atoms with Gasteiger partial charge in [-0.25, -0.2) is 0 Å². The molecule has 1 aromatic rings. The van der Waals surface area contributed by atoms with Gasteiger partial charge in [0.15, 0.2) is 0 Å². The normalized spacial score (nSPS) is 27.5. The first kappa shape index (κ1) is 15.9. The van der Waals surface area contributed by atoms with Gasteiger partial charge in [-0.05, 0) is 61.5 Å². The standard InChI is InChI=1S/C21H33N/c1-21(2,17-10-5-3-6-11-17)18-12-9-15-20(16-18)22-19-13-7-4-8-14-19/h4,7-8,13-14,17-18,20,22H,3,5-6,9-12,15-16H2,1-2H3. The van der Waals surface area contributed by atoms with Crippen LogP contribution in [0.5, 0.6) is 0 Å². The maximum Gasteiger partial charge on any atom is 0.0342 e. The molecular formula is C21H33N. The molecule has 0 radical (unpaired) electrons. The van der Waals surface area contributed by atoms with E-state index in [9.17, 15) is 0 Å². The molecule has 2 aliphatic carbocycles. The summed E-state index contributed by atoms with van der Waals surface area (Å²) in [5, 5.41) is 3.79. The predicted octanol–water partition coefficient (Wildman–Crippen LogP) is 6.26. The van der Waals surface area contributed by atoms with Gasteiger partial charge in [0.1, 0.15) is 0 Å². The van der Waals surface area contributed by atoms with Crippen molar-refractivity contribution in [1.82, 2.24) is 0 Å². The number of benzene rings is 1. The van der Waals surface area contributed by atoms with Crippen LogP contribution in [0.4, 0.5) is 5.69 Å². The highest BCUT2D eigenvalue weighted by Crippen LogP contribution is 2.48. The van der Waals surface area contributed by atoms with E-state index in [0.717, 1.165) is 11.8 Å². The van der Waals surface area contributed by atoms with Crippen molar-refractivity contribution in [1.29, 1.82) is 0 Å². The van der Waals surface area contributed by atoms with Gasteiger partial charge in [0.2, 0.25) is 0 Å². The van der Waals surface area contributed by atoms with E-state index in [1.165, 1.54) is 63.5 Å². The quantitative estimate of drug-likeness (QED) is 0.691. The van der Waals surface area contributed by atoms with Crippen LogP contribution in [0.1, 0.15) is 71.6 Å². The fourth-order valence-electron chi connectivity index (χ4n) is 4.95. The molecule has 122 valence electrons. The van der Waals surface area contributed by atoms with Crippen LogP contribution in [-0.4, -0.2) is 6.04 Å². The second-order valence-corrected chi connectivity index (χ2v) is 8.23. The minimum Gasteiger partial charge on any atom is -0.382 e. The van der Waals surface area contributed by atoms with Gasteiger partial charge in [-0.3, -0.25) is 0 Å². The SMILES string of the molecule is CC(C)(C1CCCCC1)C1CCCC(Nc2ccccc2)C1. The molecule has 1 aromatic carbocycles. The van der Waals surface area contributed by atoms with Crippen molar-refractivity contribution in [3.63, 3.8) is 0 Å². The summed E-state index contributed by atoms with van der Waals surface area (Å²) in [5.41, 5.74) is 1.82. The Morgan fingerprint density at radius 2 is 1.50 bits per heavy atom. The molecule has 1 N–H and O–H groups in total. The number of hydrogen-bond acceptors (Lipinski definition) is 1. The molecule has 3 rings (SSSR count). The zero-order valence-corrected chi connectivity index (χ0v) is 14.5. The molecule has 1 heteroatoms. The molecule has 2 atom stereocenters. The molecule has 1 nitrogen and oxygen atoms in total. The lowest BCUT2D eigenvalue weighted by atomic mass is 9.60. The first-order valence-corrected chi connectivity index (χ1v) is 9.48. The van der Waals surface area contributed by atoms with E-state index in [4.69, 9.17) is 0 Å². The van der Waals surface area contributed by atoms with Crippen LogP contribution in [0, 0.1) is 17.3 Å². The van der Waals surface area contributed by atoms with Crippen molar-refractivity contribution >= 4 is 5.69 Å². The Kier molecular flexibility index (Phi) is 5.10. The van der Waals surface area contributed by atoms with Gasteiger partial charge < -0.3 is 5.32 Å². The van der Waals surface area contributed by atoms with Gasteiger partial charge in [0.25, 0.3) is 0 Å². The Labute approximate surface area is 136 Å².